The second-order valence-electron chi connectivity index (χ2n) is 8.85. The van der Waals surface area contributed by atoms with Gasteiger partial charge in [0.1, 0.15) is 18.1 Å². The highest BCUT2D eigenvalue weighted by molar-refractivity contribution is 7.07. The molecule has 0 bridgehead atoms. The van der Waals surface area contributed by atoms with E-state index in [0.29, 0.717) is 42.7 Å². The number of furan rings is 1. The first-order valence-electron chi connectivity index (χ1n) is 12.1. The van der Waals surface area contributed by atoms with E-state index in [2.05, 4.69) is 4.99 Å². The molecule has 0 fully saturated rings. The maximum Gasteiger partial charge on any atom is 0.338 e. The van der Waals surface area contributed by atoms with E-state index in [-0.39, 0.29) is 29.9 Å². The van der Waals surface area contributed by atoms with Crippen LogP contribution in [-0.4, -0.2) is 41.9 Å². The maximum absolute atomic E-state index is 13.7. The van der Waals surface area contributed by atoms with Crippen LogP contribution in [0.5, 0.6) is 0 Å². The number of nitrogens with zero attached hydrogens (tertiary/aromatic N) is 2. The molecule has 1 atom stereocenters. The van der Waals surface area contributed by atoms with Crippen LogP contribution in [0.3, 0.4) is 0 Å². The number of allylic oxidation sites excluding steroid dienone is 1. The zero-order valence-electron chi connectivity index (χ0n) is 21.4. The molecule has 40 heavy (non-hydrogen) atoms. The number of aromatic nitrogens is 1. The van der Waals surface area contributed by atoms with Gasteiger partial charge in [-0.2, -0.15) is 0 Å². The first-order valence-corrected chi connectivity index (χ1v) is 13.3. The summed E-state index contributed by atoms with van der Waals surface area (Å²) < 4.78 is 18.2. The van der Waals surface area contributed by atoms with Crippen molar-refractivity contribution in [3.8, 4) is 11.3 Å². The van der Waals surface area contributed by atoms with Crippen molar-refractivity contribution < 1.29 is 28.6 Å². The zero-order chi connectivity index (χ0) is 28.4. The van der Waals surface area contributed by atoms with Crippen molar-refractivity contribution in [1.82, 2.24) is 4.57 Å². The minimum Gasteiger partial charge on any atom is -0.478 e. The van der Waals surface area contributed by atoms with Gasteiger partial charge >= 0.3 is 11.9 Å². The Morgan fingerprint density at radius 2 is 1.82 bits per heavy atom. The molecule has 0 amide bonds. The zero-order valence-corrected chi connectivity index (χ0v) is 23.0. The fourth-order valence-corrected chi connectivity index (χ4v) is 5.48. The molecule has 1 unspecified atom stereocenters. The fourth-order valence-electron chi connectivity index (χ4n) is 4.33. The van der Waals surface area contributed by atoms with E-state index in [4.69, 9.17) is 30.6 Å². The molecule has 5 rings (SSSR count). The molecule has 3 heterocycles. The third kappa shape index (κ3) is 5.42. The Kier molecular flexibility index (Phi) is 7.83. The Hall–Kier alpha value is -4.25. The number of benzene rings is 2. The van der Waals surface area contributed by atoms with Crippen molar-refractivity contribution in [3.63, 3.8) is 0 Å². The van der Waals surface area contributed by atoms with Gasteiger partial charge in [0.15, 0.2) is 4.80 Å². The number of hydrogen-bond donors (Lipinski definition) is 1. The van der Waals surface area contributed by atoms with Crippen LogP contribution in [0.4, 0.5) is 0 Å². The Morgan fingerprint density at radius 3 is 2.50 bits per heavy atom. The number of thiazole rings is 1. The summed E-state index contributed by atoms with van der Waals surface area (Å²) in [5, 5.41) is 9.64. The summed E-state index contributed by atoms with van der Waals surface area (Å²) >= 11 is 7.29. The quantitative estimate of drug-likeness (QED) is 0.247. The number of methoxy groups -OCH3 is 1. The number of ether oxygens (including phenoxy) is 2. The number of hydrogen-bond acceptors (Lipinski definition) is 8. The molecule has 1 aliphatic heterocycles. The maximum atomic E-state index is 13.7. The monoisotopic (exact) mass is 578 g/mol. The summed E-state index contributed by atoms with van der Waals surface area (Å²) in [7, 11) is 1.51. The van der Waals surface area contributed by atoms with Gasteiger partial charge in [0.05, 0.1) is 34.0 Å². The summed E-state index contributed by atoms with van der Waals surface area (Å²) in [6, 6.07) is 15.9. The smallest absolute Gasteiger partial charge is 0.338 e. The molecule has 1 N–H and O–H groups in total. The molecule has 204 valence electrons. The molecule has 9 nitrogen and oxygen atoms in total. The number of carbonyl (C=O) groups excluding carboxylic acids is 1. The second kappa shape index (κ2) is 11.5. The summed E-state index contributed by atoms with van der Waals surface area (Å²) in [5.41, 5.74) is 1.89. The molecule has 2 aromatic carbocycles. The lowest BCUT2D eigenvalue weighted by Gasteiger charge is -2.24. The van der Waals surface area contributed by atoms with Crippen LogP contribution in [-0.2, 0) is 14.3 Å². The van der Waals surface area contributed by atoms with Gasteiger partial charge in [0, 0.05) is 23.8 Å². The Morgan fingerprint density at radius 1 is 1.10 bits per heavy atom. The average molecular weight is 579 g/mol. The molecule has 11 heteroatoms. The van der Waals surface area contributed by atoms with E-state index in [0.717, 1.165) is 0 Å². The summed E-state index contributed by atoms with van der Waals surface area (Å²) in [5.74, 6) is -0.648. The number of esters is 1. The third-order valence-electron chi connectivity index (χ3n) is 6.26. The van der Waals surface area contributed by atoms with Crippen LogP contribution >= 0.6 is 22.9 Å². The van der Waals surface area contributed by atoms with E-state index in [1.165, 1.54) is 35.1 Å². The van der Waals surface area contributed by atoms with Crippen molar-refractivity contribution in [2.24, 2.45) is 4.99 Å². The molecular weight excluding hydrogens is 556 g/mol. The van der Waals surface area contributed by atoms with Gasteiger partial charge in [-0.3, -0.25) is 9.36 Å². The Labute approximate surface area is 236 Å². The lowest BCUT2D eigenvalue weighted by atomic mass is 9.96. The van der Waals surface area contributed by atoms with Crippen molar-refractivity contribution >= 4 is 41.0 Å². The van der Waals surface area contributed by atoms with Gasteiger partial charge in [-0.15, -0.1) is 0 Å². The van der Waals surface area contributed by atoms with Gasteiger partial charge in [0.25, 0.3) is 5.56 Å². The first-order chi connectivity index (χ1) is 19.3. The minimum absolute atomic E-state index is 0.0593. The molecule has 4 aromatic rings. The summed E-state index contributed by atoms with van der Waals surface area (Å²) in [4.78, 5) is 43.0. The molecule has 1 aliphatic rings. The minimum atomic E-state index is -1.01. The molecule has 2 aromatic heterocycles. The van der Waals surface area contributed by atoms with Crippen molar-refractivity contribution in [3.05, 3.63) is 114 Å². The highest BCUT2D eigenvalue weighted by Crippen LogP contribution is 2.31. The van der Waals surface area contributed by atoms with E-state index in [1.807, 2.05) is 0 Å². The average Bonchev–Trinajstić information content (AvgIpc) is 3.53. The number of aromatic carboxylic acids is 1. The standard InChI is InChI=1S/C29H23ClN2O7S/c1-16-24(28(36)38-14-13-37-2)25(18-7-9-20(30)10-8-18)32-26(33)23(40-29(32)31-16)15-21-11-12-22(39-21)17-3-5-19(6-4-17)27(34)35/h3-12,15,25H,13-14H2,1-2H3,(H,34,35). The van der Waals surface area contributed by atoms with Crippen LogP contribution in [0.2, 0.25) is 5.02 Å². The number of halogens is 1. The number of carbonyl (C=O) groups is 2. The van der Waals surface area contributed by atoms with Gasteiger partial charge < -0.3 is 19.0 Å². The lowest BCUT2D eigenvalue weighted by molar-refractivity contribution is -0.140. The normalized spacial score (nSPS) is 15.1. The highest BCUT2D eigenvalue weighted by Gasteiger charge is 2.33. The van der Waals surface area contributed by atoms with Crippen molar-refractivity contribution in [2.45, 2.75) is 13.0 Å². The van der Waals surface area contributed by atoms with Gasteiger partial charge in [-0.05, 0) is 48.9 Å². The van der Waals surface area contributed by atoms with Crippen molar-refractivity contribution in [2.75, 3.05) is 20.3 Å². The number of fused-ring (bicyclic) bond motifs is 1. The first kappa shape index (κ1) is 27.3. The van der Waals surface area contributed by atoms with Gasteiger partial charge in [-0.1, -0.05) is 47.2 Å². The van der Waals surface area contributed by atoms with Crippen LogP contribution in [0.1, 0.15) is 34.6 Å². The molecular formula is C29H23ClN2O7S. The van der Waals surface area contributed by atoms with Crippen molar-refractivity contribution in [1.29, 1.82) is 0 Å². The van der Waals surface area contributed by atoms with Crippen LogP contribution in [0.25, 0.3) is 17.4 Å². The highest BCUT2D eigenvalue weighted by atomic mass is 35.5. The summed E-state index contributed by atoms with van der Waals surface area (Å²) in [6.45, 7) is 2.00. The molecule has 0 radical (unpaired) electrons. The SMILES string of the molecule is COCCOC(=O)C1=C(C)N=c2sc(=Cc3ccc(-c4ccc(C(=O)O)cc4)o3)c(=O)n2C1c1ccc(Cl)cc1. The second-order valence-corrected chi connectivity index (χ2v) is 10.3. The molecule has 0 spiro atoms. The number of carboxylic acids is 1. The fraction of sp³-hybridized carbons (Fsp3) is 0.172. The Balaban J connectivity index is 1.56. The predicted octanol–water partition coefficient (Wildman–Crippen LogP) is 4.04. The van der Waals surface area contributed by atoms with E-state index in [1.54, 1.807) is 61.5 Å². The lowest BCUT2D eigenvalue weighted by Crippen LogP contribution is -2.40. The summed E-state index contributed by atoms with van der Waals surface area (Å²) in [6.07, 6.45) is 1.62. The van der Waals surface area contributed by atoms with Gasteiger partial charge in [0.2, 0.25) is 0 Å². The van der Waals surface area contributed by atoms with Crippen LogP contribution in [0, 0.1) is 0 Å². The number of rotatable bonds is 8. The largest absolute Gasteiger partial charge is 0.478 e. The van der Waals surface area contributed by atoms with Crippen LogP contribution < -0.4 is 14.9 Å². The number of carboxylic acid groups (broad SMARTS) is 1. The van der Waals surface area contributed by atoms with Gasteiger partial charge in [-0.25, -0.2) is 14.6 Å². The predicted molar refractivity (Wildman–Crippen MR) is 149 cm³/mol. The molecule has 0 saturated carbocycles. The third-order valence-corrected chi connectivity index (χ3v) is 7.50. The van der Waals surface area contributed by atoms with E-state index >= 15 is 0 Å². The topological polar surface area (TPSA) is 120 Å². The Bertz CT molecular complexity index is 1800. The molecule has 0 saturated heterocycles. The van der Waals surface area contributed by atoms with E-state index in [9.17, 15) is 14.4 Å². The molecule has 0 aliphatic carbocycles. The van der Waals surface area contributed by atoms with Crippen LogP contribution in [0.15, 0.2) is 86.1 Å². The van der Waals surface area contributed by atoms with E-state index < -0.39 is 18.0 Å².